The standard InChI is InChI=1S/C28H32N8O4/c1-28(2,27(30)39)36-22-13-16(17-14-32-35(3)15-17)6-11-20(22)23(34-36)25(38)33-18-7-9-19(10-8-18)40-26-21(24(29)37)5-4-12-31-26/h4-6,11-15,18-19H,7-10H2,1-3H3,(H2,29,37)(H2,30,39)(H,33,38)/t18-,19-. The highest BCUT2D eigenvalue weighted by atomic mass is 16.5. The largest absolute Gasteiger partial charge is 0.474 e. The van der Waals surface area contributed by atoms with E-state index in [-0.39, 0.29) is 35.2 Å². The fraction of sp³-hybridized carbons (Fsp3) is 0.357. The summed E-state index contributed by atoms with van der Waals surface area (Å²) in [6, 6.07) is 8.75. The Kier molecular flexibility index (Phi) is 7.01. The van der Waals surface area contributed by atoms with Crippen molar-refractivity contribution in [3.05, 3.63) is 60.2 Å². The quantitative estimate of drug-likeness (QED) is 0.305. The molecule has 3 amide bonds. The molecule has 12 nitrogen and oxygen atoms in total. The van der Waals surface area contributed by atoms with Crippen LogP contribution in [0.25, 0.3) is 22.0 Å². The summed E-state index contributed by atoms with van der Waals surface area (Å²) in [5, 5.41) is 12.5. The third-order valence-corrected chi connectivity index (χ3v) is 7.39. The summed E-state index contributed by atoms with van der Waals surface area (Å²) in [6.07, 6.45) is 7.71. The first-order chi connectivity index (χ1) is 19.0. The smallest absolute Gasteiger partial charge is 0.272 e. The first-order valence-electron chi connectivity index (χ1n) is 13.1. The van der Waals surface area contributed by atoms with Crippen LogP contribution in [-0.4, -0.2) is 54.4 Å². The van der Waals surface area contributed by atoms with Gasteiger partial charge in [0.05, 0.1) is 11.7 Å². The fourth-order valence-electron chi connectivity index (χ4n) is 4.97. The highest BCUT2D eigenvalue weighted by molar-refractivity contribution is 6.06. The van der Waals surface area contributed by atoms with E-state index in [0.717, 1.165) is 11.1 Å². The molecule has 5 rings (SSSR count). The predicted octanol–water partition coefficient (Wildman–Crippen LogP) is 2.27. The number of ether oxygens (including phenoxy) is 1. The summed E-state index contributed by atoms with van der Waals surface area (Å²) in [7, 11) is 1.83. The lowest BCUT2D eigenvalue weighted by molar-refractivity contribution is -0.125. The average molecular weight is 545 g/mol. The number of aryl methyl sites for hydroxylation is 1. The van der Waals surface area contributed by atoms with Gasteiger partial charge in [0.2, 0.25) is 11.8 Å². The van der Waals surface area contributed by atoms with Gasteiger partial charge in [-0.05, 0) is 69.4 Å². The highest BCUT2D eigenvalue weighted by Crippen LogP contribution is 2.31. The summed E-state index contributed by atoms with van der Waals surface area (Å²) in [4.78, 5) is 41.6. The maximum Gasteiger partial charge on any atom is 0.272 e. The number of nitrogens with two attached hydrogens (primary N) is 2. The highest BCUT2D eigenvalue weighted by Gasteiger charge is 2.33. The molecule has 5 N–H and O–H groups in total. The van der Waals surface area contributed by atoms with Crippen LogP contribution in [0.1, 0.15) is 60.4 Å². The van der Waals surface area contributed by atoms with Crippen molar-refractivity contribution in [3.63, 3.8) is 0 Å². The van der Waals surface area contributed by atoms with E-state index in [1.807, 2.05) is 31.4 Å². The molecule has 0 unspecified atom stereocenters. The second-order valence-electron chi connectivity index (χ2n) is 10.6. The number of benzene rings is 1. The lowest BCUT2D eigenvalue weighted by Gasteiger charge is -2.29. The number of hydrogen-bond donors (Lipinski definition) is 3. The molecule has 3 heterocycles. The first kappa shape index (κ1) is 26.9. The minimum Gasteiger partial charge on any atom is -0.474 e. The topological polar surface area (TPSA) is 173 Å². The van der Waals surface area contributed by atoms with Crippen molar-refractivity contribution in [2.45, 2.75) is 57.2 Å². The third-order valence-electron chi connectivity index (χ3n) is 7.39. The van der Waals surface area contributed by atoms with Crippen LogP contribution < -0.4 is 21.5 Å². The third kappa shape index (κ3) is 5.12. The maximum atomic E-state index is 13.5. The molecule has 208 valence electrons. The van der Waals surface area contributed by atoms with Crippen molar-refractivity contribution in [2.75, 3.05) is 0 Å². The molecule has 1 aliphatic carbocycles. The normalized spacial score (nSPS) is 17.5. The number of carbonyl (C=O) groups excluding carboxylic acids is 3. The molecule has 40 heavy (non-hydrogen) atoms. The van der Waals surface area contributed by atoms with Crippen LogP contribution >= 0.6 is 0 Å². The zero-order chi connectivity index (χ0) is 28.6. The van der Waals surface area contributed by atoms with Gasteiger partial charge < -0.3 is 21.5 Å². The van der Waals surface area contributed by atoms with Crippen molar-refractivity contribution in [2.24, 2.45) is 18.5 Å². The number of aromatic nitrogens is 5. The van der Waals surface area contributed by atoms with E-state index in [9.17, 15) is 14.4 Å². The number of hydrogen-bond acceptors (Lipinski definition) is 7. The molecule has 0 spiro atoms. The van der Waals surface area contributed by atoms with Crippen LogP contribution in [0, 0.1) is 0 Å². The van der Waals surface area contributed by atoms with Crippen LogP contribution in [-0.2, 0) is 17.4 Å². The zero-order valence-electron chi connectivity index (χ0n) is 22.6. The van der Waals surface area contributed by atoms with Gasteiger partial charge in [0.15, 0.2) is 5.69 Å². The molecule has 4 aromatic rings. The second kappa shape index (κ2) is 10.4. The molecule has 12 heteroatoms. The molecule has 0 bridgehead atoms. The summed E-state index contributed by atoms with van der Waals surface area (Å²) >= 11 is 0. The van der Waals surface area contributed by atoms with Crippen LogP contribution in [0.5, 0.6) is 5.88 Å². The molecule has 0 atom stereocenters. The van der Waals surface area contributed by atoms with E-state index < -0.39 is 17.4 Å². The van der Waals surface area contributed by atoms with Gasteiger partial charge in [0, 0.05) is 36.4 Å². The SMILES string of the molecule is Cn1cc(-c2ccc3c(C(=O)N[C@H]4CC[C@H](Oc5ncccc5C(N)=O)CC4)nn(C(C)(C)C(N)=O)c3c2)cn1. The Morgan fingerprint density at radius 1 is 1.07 bits per heavy atom. The number of pyridine rings is 1. The molecular formula is C28H32N8O4. The van der Waals surface area contributed by atoms with Gasteiger partial charge in [0.1, 0.15) is 17.2 Å². The predicted molar refractivity (Wildman–Crippen MR) is 147 cm³/mol. The fourth-order valence-corrected chi connectivity index (χ4v) is 4.97. The molecule has 1 saturated carbocycles. The Balaban J connectivity index is 1.35. The number of carbonyl (C=O) groups is 3. The lowest BCUT2D eigenvalue weighted by atomic mass is 9.92. The van der Waals surface area contributed by atoms with Crippen molar-refractivity contribution in [1.29, 1.82) is 0 Å². The molecule has 0 saturated heterocycles. The second-order valence-corrected chi connectivity index (χ2v) is 10.6. The van der Waals surface area contributed by atoms with E-state index >= 15 is 0 Å². The summed E-state index contributed by atoms with van der Waals surface area (Å²) < 4.78 is 9.19. The number of amides is 3. The number of fused-ring (bicyclic) bond motifs is 1. The molecule has 1 fully saturated rings. The van der Waals surface area contributed by atoms with Gasteiger partial charge in [0.25, 0.3) is 11.8 Å². The maximum absolute atomic E-state index is 13.5. The molecule has 1 aromatic carbocycles. The van der Waals surface area contributed by atoms with E-state index in [1.54, 1.807) is 43.1 Å². The average Bonchev–Trinajstić information content (AvgIpc) is 3.53. The van der Waals surface area contributed by atoms with Gasteiger partial charge >= 0.3 is 0 Å². The minimum atomic E-state index is -1.17. The van der Waals surface area contributed by atoms with Gasteiger partial charge in [-0.15, -0.1) is 0 Å². The number of primary amides is 2. The Bertz CT molecular complexity index is 1600. The van der Waals surface area contributed by atoms with Crippen LogP contribution in [0.4, 0.5) is 0 Å². The molecular weight excluding hydrogens is 512 g/mol. The van der Waals surface area contributed by atoms with E-state index in [1.165, 1.54) is 4.68 Å². The van der Waals surface area contributed by atoms with Gasteiger partial charge in [-0.25, -0.2) is 9.67 Å². The van der Waals surface area contributed by atoms with Crippen molar-refractivity contribution in [3.8, 4) is 17.0 Å². The monoisotopic (exact) mass is 544 g/mol. The van der Waals surface area contributed by atoms with Gasteiger partial charge in [-0.1, -0.05) is 6.07 Å². The molecule has 0 radical (unpaired) electrons. The number of nitrogens with one attached hydrogen (secondary N) is 1. The van der Waals surface area contributed by atoms with Gasteiger partial charge in [-0.2, -0.15) is 10.2 Å². The Morgan fingerprint density at radius 3 is 2.48 bits per heavy atom. The Labute approximate surface area is 230 Å². The number of nitrogens with zero attached hydrogens (tertiary/aromatic N) is 5. The van der Waals surface area contributed by atoms with Crippen LogP contribution in [0.3, 0.4) is 0 Å². The number of rotatable bonds is 8. The zero-order valence-corrected chi connectivity index (χ0v) is 22.6. The van der Waals surface area contributed by atoms with Crippen LogP contribution in [0.2, 0.25) is 0 Å². The summed E-state index contributed by atoms with van der Waals surface area (Å²) in [5.41, 5.74) is 12.8. The van der Waals surface area contributed by atoms with E-state index in [4.69, 9.17) is 16.2 Å². The van der Waals surface area contributed by atoms with E-state index in [2.05, 4.69) is 20.5 Å². The molecule has 3 aromatic heterocycles. The minimum absolute atomic E-state index is 0.0919. The Morgan fingerprint density at radius 2 is 1.82 bits per heavy atom. The van der Waals surface area contributed by atoms with Crippen molar-refractivity contribution < 1.29 is 19.1 Å². The Hall–Kier alpha value is -4.74. The van der Waals surface area contributed by atoms with Crippen LogP contribution in [0.15, 0.2) is 48.9 Å². The molecule has 1 aliphatic rings. The molecule has 0 aliphatic heterocycles. The summed E-state index contributed by atoms with van der Waals surface area (Å²) in [5.74, 6) is -1.27. The lowest BCUT2D eigenvalue weighted by Crippen LogP contribution is -2.42. The van der Waals surface area contributed by atoms with Crippen molar-refractivity contribution in [1.82, 2.24) is 29.9 Å². The van der Waals surface area contributed by atoms with E-state index in [0.29, 0.717) is 36.6 Å². The van der Waals surface area contributed by atoms with Gasteiger partial charge in [-0.3, -0.25) is 19.1 Å². The first-order valence-corrected chi connectivity index (χ1v) is 13.1. The summed E-state index contributed by atoms with van der Waals surface area (Å²) in [6.45, 7) is 3.35. The van der Waals surface area contributed by atoms with Crippen molar-refractivity contribution >= 4 is 28.6 Å².